The van der Waals surface area contributed by atoms with Crippen molar-refractivity contribution in [3.05, 3.63) is 107 Å². The van der Waals surface area contributed by atoms with E-state index in [2.05, 4.69) is 5.32 Å². The quantitative estimate of drug-likeness (QED) is 0.435. The third-order valence-electron chi connectivity index (χ3n) is 5.02. The molecule has 0 aliphatic carbocycles. The van der Waals surface area contributed by atoms with Gasteiger partial charge in [-0.1, -0.05) is 77.8 Å². The highest BCUT2D eigenvalue weighted by atomic mass is 35.5. The van der Waals surface area contributed by atoms with Crippen LogP contribution in [0.2, 0.25) is 5.02 Å². The Morgan fingerprint density at radius 1 is 0.967 bits per heavy atom. The second kappa shape index (κ2) is 8.56. The molecule has 1 N–H and O–H groups in total. The molecule has 1 atom stereocenters. The zero-order valence-corrected chi connectivity index (χ0v) is 17.6. The first-order chi connectivity index (χ1) is 14.5. The molecule has 5 heteroatoms. The van der Waals surface area contributed by atoms with E-state index < -0.39 is 0 Å². The lowest BCUT2D eigenvalue weighted by Gasteiger charge is -2.15. The molecule has 4 nitrogen and oxygen atoms in total. The van der Waals surface area contributed by atoms with E-state index in [1.54, 1.807) is 10.7 Å². The van der Waals surface area contributed by atoms with Crippen molar-refractivity contribution < 1.29 is 4.79 Å². The third kappa shape index (κ3) is 4.14. The number of rotatable bonds is 5. The van der Waals surface area contributed by atoms with Gasteiger partial charge in [-0.25, -0.2) is 4.68 Å². The van der Waals surface area contributed by atoms with Crippen molar-refractivity contribution in [3.63, 3.8) is 0 Å². The Morgan fingerprint density at radius 2 is 1.63 bits per heavy atom. The molecule has 0 saturated carbocycles. The lowest BCUT2D eigenvalue weighted by molar-refractivity contribution is 0.0932. The highest BCUT2D eigenvalue weighted by Crippen LogP contribution is 2.28. The van der Waals surface area contributed by atoms with E-state index in [4.69, 9.17) is 16.7 Å². The minimum Gasteiger partial charge on any atom is -0.344 e. The summed E-state index contributed by atoms with van der Waals surface area (Å²) >= 11 is 6.38. The largest absolute Gasteiger partial charge is 0.344 e. The van der Waals surface area contributed by atoms with Crippen molar-refractivity contribution in [1.29, 1.82) is 0 Å². The lowest BCUT2D eigenvalue weighted by Crippen LogP contribution is -2.28. The first-order valence-corrected chi connectivity index (χ1v) is 10.2. The van der Waals surface area contributed by atoms with Crippen molar-refractivity contribution in [2.75, 3.05) is 0 Å². The van der Waals surface area contributed by atoms with Crippen molar-refractivity contribution in [3.8, 4) is 16.9 Å². The van der Waals surface area contributed by atoms with Crippen LogP contribution in [0.15, 0.2) is 84.9 Å². The second-order valence-corrected chi connectivity index (χ2v) is 7.66. The molecule has 4 aromatic rings. The van der Waals surface area contributed by atoms with Crippen LogP contribution in [-0.2, 0) is 0 Å². The van der Waals surface area contributed by atoms with E-state index in [0.29, 0.717) is 16.4 Å². The Balaban J connectivity index is 1.74. The number of aryl methyl sites for hydroxylation is 1. The molecule has 4 rings (SSSR count). The summed E-state index contributed by atoms with van der Waals surface area (Å²) in [6.07, 6.45) is 0. The van der Waals surface area contributed by atoms with Gasteiger partial charge in [-0.15, -0.1) is 0 Å². The molecule has 1 heterocycles. The van der Waals surface area contributed by atoms with Crippen LogP contribution in [0.5, 0.6) is 0 Å². The number of carbonyl (C=O) groups excluding carboxylic acids is 1. The molecule has 0 aliphatic heterocycles. The molecular formula is C25H22ClN3O. The summed E-state index contributed by atoms with van der Waals surface area (Å²) < 4.78 is 1.67. The molecule has 0 fully saturated rings. The fourth-order valence-corrected chi connectivity index (χ4v) is 3.55. The van der Waals surface area contributed by atoms with Crippen LogP contribution in [0.4, 0.5) is 0 Å². The van der Waals surface area contributed by atoms with E-state index in [1.165, 1.54) is 0 Å². The average molecular weight is 416 g/mol. The summed E-state index contributed by atoms with van der Waals surface area (Å²) in [6.45, 7) is 3.99. The first-order valence-electron chi connectivity index (χ1n) is 9.81. The van der Waals surface area contributed by atoms with Crippen LogP contribution >= 0.6 is 11.6 Å². The summed E-state index contributed by atoms with van der Waals surface area (Å²) in [7, 11) is 0. The normalized spacial score (nSPS) is 11.8. The molecule has 1 amide bonds. The lowest BCUT2D eigenvalue weighted by atomic mass is 10.1. The summed E-state index contributed by atoms with van der Waals surface area (Å²) in [5, 5.41) is 8.39. The number of hydrogen-bond acceptors (Lipinski definition) is 2. The predicted molar refractivity (Wildman–Crippen MR) is 121 cm³/mol. The average Bonchev–Trinajstić information content (AvgIpc) is 3.20. The molecule has 1 aromatic heterocycles. The molecule has 150 valence electrons. The van der Waals surface area contributed by atoms with Crippen molar-refractivity contribution in [1.82, 2.24) is 15.1 Å². The number of benzene rings is 3. The molecule has 0 saturated heterocycles. The third-order valence-corrected chi connectivity index (χ3v) is 5.35. The fraction of sp³-hybridized carbons (Fsp3) is 0.120. The molecule has 3 aromatic carbocycles. The van der Waals surface area contributed by atoms with Gasteiger partial charge in [0.1, 0.15) is 5.69 Å². The Morgan fingerprint density at radius 3 is 2.33 bits per heavy atom. The molecular weight excluding hydrogens is 394 g/mol. The number of nitrogens with zero attached hydrogens (tertiary/aromatic N) is 2. The van der Waals surface area contributed by atoms with Crippen molar-refractivity contribution in [2.45, 2.75) is 19.9 Å². The minimum absolute atomic E-state index is 0.135. The van der Waals surface area contributed by atoms with Crippen LogP contribution in [0, 0.1) is 6.92 Å². The van der Waals surface area contributed by atoms with Crippen LogP contribution < -0.4 is 5.32 Å². The van der Waals surface area contributed by atoms with Crippen LogP contribution in [0.25, 0.3) is 16.9 Å². The predicted octanol–water partition coefficient (Wildman–Crippen LogP) is 5.99. The SMILES string of the molecule is Cc1ccc(-n2nc(-c3ccccc3Cl)cc2C(=O)N[C@@H](C)c2ccccc2)cc1. The number of amides is 1. The molecule has 0 radical (unpaired) electrons. The molecule has 0 spiro atoms. The van der Waals surface area contributed by atoms with Gasteiger partial charge < -0.3 is 5.32 Å². The van der Waals surface area contributed by atoms with E-state index in [1.807, 2.05) is 92.7 Å². The number of aromatic nitrogens is 2. The number of carbonyl (C=O) groups is 1. The number of halogens is 1. The van der Waals surface area contributed by atoms with Gasteiger partial charge in [-0.3, -0.25) is 4.79 Å². The van der Waals surface area contributed by atoms with Crippen molar-refractivity contribution >= 4 is 17.5 Å². The van der Waals surface area contributed by atoms with Crippen molar-refractivity contribution in [2.24, 2.45) is 0 Å². The van der Waals surface area contributed by atoms with Gasteiger partial charge in [-0.2, -0.15) is 5.10 Å². The topological polar surface area (TPSA) is 46.9 Å². The number of hydrogen-bond donors (Lipinski definition) is 1. The van der Waals surface area contributed by atoms with Gasteiger partial charge in [0.05, 0.1) is 22.4 Å². The van der Waals surface area contributed by atoms with Crippen LogP contribution in [0.1, 0.15) is 34.6 Å². The van der Waals surface area contributed by atoms with Gasteiger partial charge in [0.2, 0.25) is 0 Å². The Kier molecular flexibility index (Phi) is 5.68. The van der Waals surface area contributed by atoms with E-state index in [0.717, 1.165) is 22.4 Å². The van der Waals surface area contributed by atoms with Crippen LogP contribution in [0.3, 0.4) is 0 Å². The Bertz CT molecular complexity index is 1170. The summed E-state index contributed by atoms with van der Waals surface area (Å²) in [5.74, 6) is -0.197. The maximum atomic E-state index is 13.2. The van der Waals surface area contributed by atoms with Gasteiger partial charge in [-0.05, 0) is 43.7 Å². The minimum atomic E-state index is -0.197. The zero-order valence-electron chi connectivity index (χ0n) is 16.8. The Labute approximate surface area is 181 Å². The second-order valence-electron chi connectivity index (χ2n) is 7.25. The molecule has 0 bridgehead atoms. The Hall–Kier alpha value is -3.37. The van der Waals surface area contributed by atoms with Gasteiger partial charge >= 0.3 is 0 Å². The van der Waals surface area contributed by atoms with Gasteiger partial charge in [0.15, 0.2) is 0 Å². The smallest absolute Gasteiger partial charge is 0.270 e. The number of nitrogens with one attached hydrogen (secondary N) is 1. The highest BCUT2D eigenvalue weighted by Gasteiger charge is 2.20. The van der Waals surface area contributed by atoms with E-state index >= 15 is 0 Å². The standard InChI is InChI=1S/C25H22ClN3O/c1-17-12-14-20(15-13-17)29-24(16-23(28-29)21-10-6-7-11-22(21)26)25(30)27-18(2)19-8-4-3-5-9-19/h3-16,18H,1-2H3,(H,27,30)/t18-/m0/s1. The summed E-state index contributed by atoms with van der Waals surface area (Å²) in [4.78, 5) is 13.2. The monoisotopic (exact) mass is 415 g/mol. The molecule has 0 aliphatic rings. The first kappa shape index (κ1) is 19.9. The fourth-order valence-electron chi connectivity index (χ4n) is 3.32. The molecule has 0 unspecified atom stereocenters. The van der Waals surface area contributed by atoms with Crippen LogP contribution in [-0.4, -0.2) is 15.7 Å². The maximum absolute atomic E-state index is 13.2. The van der Waals surface area contributed by atoms with E-state index in [-0.39, 0.29) is 11.9 Å². The summed E-state index contributed by atoms with van der Waals surface area (Å²) in [5.41, 5.74) is 4.89. The maximum Gasteiger partial charge on any atom is 0.270 e. The van der Waals surface area contributed by atoms with Gasteiger partial charge in [0, 0.05) is 5.56 Å². The highest BCUT2D eigenvalue weighted by molar-refractivity contribution is 6.33. The zero-order chi connectivity index (χ0) is 21.1. The molecule has 30 heavy (non-hydrogen) atoms. The summed E-state index contributed by atoms with van der Waals surface area (Å²) in [6, 6.07) is 26.9. The van der Waals surface area contributed by atoms with E-state index in [9.17, 15) is 4.79 Å². The van der Waals surface area contributed by atoms with Gasteiger partial charge in [0.25, 0.3) is 5.91 Å².